The summed E-state index contributed by atoms with van der Waals surface area (Å²) in [6, 6.07) is 6.80. The third-order valence-electron chi connectivity index (χ3n) is 3.31. The Hall–Kier alpha value is -2.74. The van der Waals surface area contributed by atoms with Gasteiger partial charge in [-0.3, -0.25) is 10.1 Å². The molecule has 2 aromatic heterocycles. The van der Waals surface area contributed by atoms with Gasteiger partial charge >= 0.3 is 0 Å². The van der Waals surface area contributed by atoms with E-state index >= 15 is 0 Å². The van der Waals surface area contributed by atoms with E-state index < -0.39 is 4.92 Å². The first-order valence-corrected chi connectivity index (χ1v) is 6.88. The molecule has 0 bridgehead atoms. The normalized spacial score (nSPS) is 14.6. The second-order valence-electron chi connectivity index (χ2n) is 4.79. The van der Waals surface area contributed by atoms with Gasteiger partial charge in [-0.25, -0.2) is 9.97 Å². The Morgan fingerprint density at radius 1 is 1.14 bits per heavy atom. The first kappa shape index (κ1) is 14.2. The Morgan fingerprint density at radius 3 is 2.55 bits per heavy atom. The Balaban J connectivity index is 1.66. The molecule has 1 aliphatic heterocycles. The van der Waals surface area contributed by atoms with Crippen LogP contribution < -0.4 is 10.2 Å². The number of nitro groups is 1. The fourth-order valence-corrected chi connectivity index (χ4v) is 2.16. The van der Waals surface area contributed by atoms with E-state index in [1.807, 2.05) is 12.1 Å². The zero-order valence-electron chi connectivity index (χ0n) is 11.8. The maximum absolute atomic E-state index is 10.6. The van der Waals surface area contributed by atoms with E-state index in [1.54, 1.807) is 12.3 Å². The molecule has 0 aliphatic carbocycles. The largest absolute Gasteiger partial charge is 0.378 e. The molecule has 0 unspecified atom stereocenters. The van der Waals surface area contributed by atoms with E-state index in [1.165, 1.54) is 12.3 Å². The van der Waals surface area contributed by atoms with Crippen molar-refractivity contribution >= 4 is 23.0 Å². The third kappa shape index (κ3) is 3.29. The number of pyridine rings is 2. The van der Waals surface area contributed by atoms with Crippen molar-refractivity contribution in [3.63, 3.8) is 0 Å². The second kappa shape index (κ2) is 6.35. The molecule has 8 nitrogen and oxygen atoms in total. The van der Waals surface area contributed by atoms with E-state index in [0.717, 1.165) is 24.6 Å². The summed E-state index contributed by atoms with van der Waals surface area (Å²) in [5.41, 5.74) is 0.740. The smallest absolute Gasteiger partial charge is 0.287 e. The number of morpholine rings is 1. The monoisotopic (exact) mass is 301 g/mol. The molecule has 0 aromatic carbocycles. The van der Waals surface area contributed by atoms with Crippen LogP contribution in [0.2, 0.25) is 0 Å². The van der Waals surface area contributed by atoms with Gasteiger partial charge in [0, 0.05) is 19.2 Å². The molecule has 0 amide bonds. The fourth-order valence-electron chi connectivity index (χ4n) is 2.16. The topological polar surface area (TPSA) is 93.4 Å². The predicted molar refractivity (Wildman–Crippen MR) is 81.4 cm³/mol. The van der Waals surface area contributed by atoms with Crippen LogP contribution in [0.15, 0.2) is 36.7 Å². The highest BCUT2D eigenvalue weighted by Crippen LogP contribution is 2.19. The highest BCUT2D eigenvalue weighted by Gasteiger charge is 2.12. The molecule has 0 radical (unpaired) electrons. The maximum atomic E-state index is 10.6. The van der Waals surface area contributed by atoms with Gasteiger partial charge in [-0.1, -0.05) is 0 Å². The van der Waals surface area contributed by atoms with Gasteiger partial charge in [0.2, 0.25) is 0 Å². The van der Waals surface area contributed by atoms with Gasteiger partial charge in [-0.2, -0.15) is 0 Å². The Kier molecular flexibility index (Phi) is 4.10. The lowest BCUT2D eigenvalue weighted by Gasteiger charge is -2.27. The van der Waals surface area contributed by atoms with Crippen LogP contribution in [0, 0.1) is 10.1 Å². The number of nitrogens with zero attached hydrogens (tertiary/aromatic N) is 4. The summed E-state index contributed by atoms with van der Waals surface area (Å²) in [5, 5.41) is 13.6. The van der Waals surface area contributed by atoms with Gasteiger partial charge in [-0.15, -0.1) is 0 Å². The zero-order chi connectivity index (χ0) is 15.4. The summed E-state index contributed by atoms with van der Waals surface area (Å²) in [6.45, 7) is 3.11. The lowest BCUT2D eigenvalue weighted by Crippen LogP contribution is -2.36. The zero-order valence-corrected chi connectivity index (χ0v) is 11.8. The number of aromatic nitrogens is 2. The van der Waals surface area contributed by atoms with Crippen molar-refractivity contribution in [2.45, 2.75) is 0 Å². The lowest BCUT2D eigenvalue weighted by molar-refractivity contribution is -0.385. The summed E-state index contributed by atoms with van der Waals surface area (Å²) in [6.07, 6.45) is 2.94. The van der Waals surface area contributed by atoms with Gasteiger partial charge < -0.3 is 15.0 Å². The van der Waals surface area contributed by atoms with Gasteiger partial charge in [0.25, 0.3) is 5.69 Å². The average molecular weight is 301 g/mol. The van der Waals surface area contributed by atoms with Gasteiger partial charge in [0.1, 0.15) is 17.8 Å². The molecule has 1 aliphatic rings. The minimum atomic E-state index is -0.477. The molecule has 22 heavy (non-hydrogen) atoms. The quantitative estimate of drug-likeness (QED) is 0.681. The fraction of sp³-hybridized carbons (Fsp3) is 0.286. The van der Waals surface area contributed by atoms with Crippen LogP contribution in [0.4, 0.5) is 23.0 Å². The molecule has 1 saturated heterocycles. The third-order valence-corrected chi connectivity index (χ3v) is 3.31. The van der Waals surface area contributed by atoms with Crippen LogP contribution in [0.25, 0.3) is 0 Å². The van der Waals surface area contributed by atoms with E-state index in [0.29, 0.717) is 19.0 Å². The molecule has 0 saturated carbocycles. The number of rotatable bonds is 4. The second-order valence-corrected chi connectivity index (χ2v) is 4.79. The number of hydrogen-bond donors (Lipinski definition) is 1. The van der Waals surface area contributed by atoms with Crippen LogP contribution in [0.3, 0.4) is 0 Å². The van der Waals surface area contributed by atoms with Crippen molar-refractivity contribution in [3.8, 4) is 0 Å². The number of hydrogen-bond acceptors (Lipinski definition) is 7. The summed E-state index contributed by atoms with van der Waals surface area (Å²) in [5.74, 6) is 1.44. The van der Waals surface area contributed by atoms with Crippen LogP contribution in [0.5, 0.6) is 0 Å². The molecule has 0 spiro atoms. The minimum absolute atomic E-state index is 0.0358. The summed E-state index contributed by atoms with van der Waals surface area (Å²) < 4.78 is 5.31. The Labute approximate surface area is 126 Å². The Bertz CT molecular complexity index is 639. The summed E-state index contributed by atoms with van der Waals surface area (Å²) >= 11 is 0. The molecule has 0 atom stereocenters. The van der Waals surface area contributed by atoms with E-state index in [2.05, 4.69) is 20.2 Å². The van der Waals surface area contributed by atoms with E-state index in [-0.39, 0.29) is 5.69 Å². The van der Waals surface area contributed by atoms with Gasteiger partial charge in [0.05, 0.1) is 30.0 Å². The first-order valence-electron chi connectivity index (χ1n) is 6.88. The molecule has 2 aromatic rings. The highest BCUT2D eigenvalue weighted by molar-refractivity contribution is 5.57. The van der Waals surface area contributed by atoms with Crippen LogP contribution >= 0.6 is 0 Å². The highest BCUT2D eigenvalue weighted by atomic mass is 16.6. The predicted octanol–water partition coefficient (Wildman–Crippen LogP) is 1.96. The van der Waals surface area contributed by atoms with E-state index in [4.69, 9.17) is 4.74 Å². The molecule has 8 heteroatoms. The van der Waals surface area contributed by atoms with Crippen molar-refractivity contribution in [1.29, 1.82) is 0 Å². The van der Waals surface area contributed by atoms with Crippen molar-refractivity contribution in [2.75, 3.05) is 36.5 Å². The summed E-state index contributed by atoms with van der Waals surface area (Å²) in [7, 11) is 0. The van der Waals surface area contributed by atoms with Crippen LogP contribution in [-0.4, -0.2) is 41.2 Å². The summed E-state index contributed by atoms with van der Waals surface area (Å²) in [4.78, 5) is 20.7. The molecular weight excluding hydrogens is 286 g/mol. The van der Waals surface area contributed by atoms with Crippen molar-refractivity contribution in [1.82, 2.24) is 9.97 Å². The van der Waals surface area contributed by atoms with Crippen LogP contribution in [0.1, 0.15) is 0 Å². The molecule has 3 heterocycles. The average Bonchev–Trinajstić information content (AvgIpc) is 2.57. The SMILES string of the molecule is O=[N+]([O-])c1ccc(Nc2ccc(N3CCOCC3)nc2)nc1. The number of ether oxygens (including phenoxy) is 1. The molecule has 1 N–H and O–H groups in total. The van der Waals surface area contributed by atoms with Crippen molar-refractivity contribution < 1.29 is 9.66 Å². The molecule has 114 valence electrons. The van der Waals surface area contributed by atoms with Gasteiger partial charge in [-0.05, 0) is 18.2 Å². The first-order chi connectivity index (χ1) is 10.7. The van der Waals surface area contributed by atoms with Crippen molar-refractivity contribution in [2.24, 2.45) is 0 Å². The molecular formula is C14H15N5O3. The van der Waals surface area contributed by atoms with Crippen molar-refractivity contribution in [3.05, 3.63) is 46.8 Å². The standard InChI is InChI=1S/C14H15N5O3/c20-19(21)12-2-3-13(15-10-12)17-11-1-4-14(16-9-11)18-5-7-22-8-6-18/h1-4,9-10H,5-8H2,(H,15,17). The van der Waals surface area contributed by atoms with Crippen LogP contribution in [-0.2, 0) is 4.74 Å². The van der Waals surface area contributed by atoms with E-state index in [9.17, 15) is 10.1 Å². The maximum Gasteiger partial charge on any atom is 0.287 e. The lowest BCUT2D eigenvalue weighted by atomic mass is 10.3. The number of nitrogens with one attached hydrogen (secondary N) is 1. The number of anilines is 3. The molecule has 1 fully saturated rings. The Morgan fingerprint density at radius 2 is 1.95 bits per heavy atom. The van der Waals surface area contributed by atoms with Gasteiger partial charge in [0.15, 0.2) is 0 Å². The molecule has 3 rings (SSSR count). The minimum Gasteiger partial charge on any atom is -0.378 e.